The Balaban J connectivity index is 1.13. The van der Waals surface area contributed by atoms with Gasteiger partial charge in [0.25, 0.3) is 5.91 Å². The van der Waals surface area contributed by atoms with E-state index in [9.17, 15) is 4.79 Å². The summed E-state index contributed by atoms with van der Waals surface area (Å²) < 4.78 is 0. The van der Waals surface area contributed by atoms with Crippen molar-refractivity contribution in [3.63, 3.8) is 0 Å². The van der Waals surface area contributed by atoms with E-state index in [-0.39, 0.29) is 5.91 Å². The number of thioether (sulfide) groups is 1. The van der Waals surface area contributed by atoms with E-state index in [0.29, 0.717) is 24.4 Å². The third-order valence-electron chi connectivity index (χ3n) is 8.43. The lowest BCUT2D eigenvalue weighted by atomic mass is 9.68. The van der Waals surface area contributed by atoms with Crippen LogP contribution in [-0.2, 0) is 5.75 Å². The third-order valence-corrected chi connectivity index (χ3v) is 9.46. The number of nitrogens with one attached hydrogen (secondary N) is 2. The Kier molecular flexibility index (Phi) is 6.32. The van der Waals surface area contributed by atoms with Crippen molar-refractivity contribution < 1.29 is 4.79 Å². The normalized spacial score (nSPS) is 26.0. The highest BCUT2D eigenvalue weighted by Gasteiger charge is 2.53. The van der Waals surface area contributed by atoms with Crippen LogP contribution in [0.15, 0.2) is 72.8 Å². The Morgan fingerprint density at radius 1 is 1.00 bits per heavy atom. The number of carbonyl (C=O) groups excluding carboxylic acids is 1. The third kappa shape index (κ3) is 4.49. The van der Waals surface area contributed by atoms with E-state index < -0.39 is 0 Å². The van der Waals surface area contributed by atoms with Crippen LogP contribution in [-0.4, -0.2) is 18.2 Å². The lowest BCUT2D eigenvalue weighted by Crippen LogP contribution is -2.35. The SMILES string of the molecule is Cc1ccc(CSCCNC(=O)c2ccc3c(c2)[C@@H]2[C@H]4CC[C@@H](C4)[C@@H]2[C@H](c2ccccc2)N3)cc1. The molecule has 3 aromatic rings. The molecule has 6 rings (SSSR count). The number of amides is 1. The Morgan fingerprint density at radius 2 is 1.80 bits per heavy atom. The first-order chi connectivity index (χ1) is 17.2. The van der Waals surface area contributed by atoms with Crippen LogP contribution in [0.25, 0.3) is 0 Å². The van der Waals surface area contributed by atoms with Gasteiger partial charge in [0.05, 0.1) is 6.04 Å². The molecule has 2 bridgehead atoms. The molecule has 0 aromatic heterocycles. The molecule has 2 fully saturated rings. The van der Waals surface area contributed by atoms with Gasteiger partial charge >= 0.3 is 0 Å². The molecule has 3 aromatic carbocycles. The lowest BCUT2D eigenvalue weighted by molar-refractivity contribution is 0.0956. The molecule has 3 aliphatic rings. The molecule has 1 amide bonds. The van der Waals surface area contributed by atoms with Crippen LogP contribution in [0.2, 0.25) is 0 Å². The van der Waals surface area contributed by atoms with E-state index in [1.54, 1.807) is 0 Å². The minimum Gasteiger partial charge on any atom is -0.378 e. The summed E-state index contributed by atoms with van der Waals surface area (Å²) in [6.45, 7) is 2.81. The predicted octanol–water partition coefficient (Wildman–Crippen LogP) is 6.95. The zero-order chi connectivity index (χ0) is 23.8. The zero-order valence-electron chi connectivity index (χ0n) is 20.4. The average molecular weight is 483 g/mol. The summed E-state index contributed by atoms with van der Waals surface area (Å²) in [5.41, 5.74) is 7.41. The molecular weight excluding hydrogens is 448 g/mol. The summed E-state index contributed by atoms with van der Waals surface area (Å²) >= 11 is 1.87. The summed E-state index contributed by atoms with van der Waals surface area (Å²) in [6, 6.07) is 26.3. The van der Waals surface area contributed by atoms with Crippen LogP contribution in [0.4, 0.5) is 5.69 Å². The van der Waals surface area contributed by atoms with Crippen molar-refractivity contribution in [1.82, 2.24) is 5.32 Å². The first-order valence-corrected chi connectivity index (χ1v) is 14.2. The van der Waals surface area contributed by atoms with E-state index in [1.807, 2.05) is 17.8 Å². The number of rotatable bonds is 7. The largest absolute Gasteiger partial charge is 0.378 e. The second-order valence-corrected chi connectivity index (χ2v) is 11.7. The van der Waals surface area contributed by atoms with Crippen molar-refractivity contribution in [2.45, 2.75) is 43.9 Å². The molecule has 0 unspecified atom stereocenters. The van der Waals surface area contributed by atoms with Crippen molar-refractivity contribution in [2.24, 2.45) is 17.8 Å². The first kappa shape index (κ1) is 22.7. The maximum absolute atomic E-state index is 13.0. The number of hydrogen-bond donors (Lipinski definition) is 2. The van der Waals surface area contributed by atoms with Crippen LogP contribution < -0.4 is 10.6 Å². The highest BCUT2D eigenvalue weighted by atomic mass is 32.2. The number of hydrogen-bond acceptors (Lipinski definition) is 3. The highest BCUT2D eigenvalue weighted by molar-refractivity contribution is 7.98. The fraction of sp³-hybridized carbons (Fsp3) is 0.387. The summed E-state index contributed by atoms with van der Waals surface area (Å²) in [6.07, 6.45) is 4.03. The van der Waals surface area contributed by atoms with Gasteiger partial charge in [0.1, 0.15) is 0 Å². The number of aryl methyl sites for hydroxylation is 1. The molecule has 35 heavy (non-hydrogen) atoms. The van der Waals surface area contributed by atoms with Crippen molar-refractivity contribution in [3.8, 4) is 0 Å². The molecule has 2 aliphatic carbocycles. The standard InChI is InChI=1S/C31H34N2OS/c1-20-7-9-21(10-8-20)19-35-16-15-32-31(34)25-13-14-27-26(18-25)28-23-11-12-24(17-23)29(28)30(33-27)22-5-3-2-4-6-22/h2-10,13-14,18,23-24,28-30,33H,11-12,15-17,19H2,1H3,(H,32,34)/t23-,24-,28-,29-,30-/m0/s1. The van der Waals surface area contributed by atoms with E-state index >= 15 is 0 Å². The number of fused-ring (bicyclic) bond motifs is 7. The first-order valence-electron chi connectivity index (χ1n) is 13.0. The van der Waals surface area contributed by atoms with Crippen LogP contribution in [0.1, 0.15) is 63.8 Å². The molecule has 2 saturated carbocycles. The van der Waals surface area contributed by atoms with Gasteiger partial charge in [0.15, 0.2) is 0 Å². The molecule has 1 heterocycles. The van der Waals surface area contributed by atoms with Crippen molar-refractivity contribution >= 4 is 23.4 Å². The van der Waals surface area contributed by atoms with Crippen LogP contribution in [0, 0.1) is 24.7 Å². The van der Waals surface area contributed by atoms with E-state index in [1.165, 1.54) is 47.2 Å². The minimum absolute atomic E-state index is 0.0497. The molecule has 4 heteroatoms. The molecule has 0 spiro atoms. The molecular formula is C31H34N2OS. The number of benzene rings is 3. The van der Waals surface area contributed by atoms with Crippen LogP contribution in [0.3, 0.4) is 0 Å². The number of carbonyl (C=O) groups is 1. The maximum Gasteiger partial charge on any atom is 0.251 e. The second kappa shape index (κ2) is 9.73. The van der Waals surface area contributed by atoms with Gasteiger partial charge < -0.3 is 10.6 Å². The molecule has 0 radical (unpaired) electrons. The molecule has 1 aliphatic heterocycles. The zero-order valence-corrected chi connectivity index (χ0v) is 21.2. The van der Waals surface area contributed by atoms with E-state index in [2.05, 4.69) is 84.3 Å². The highest BCUT2D eigenvalue weighted by Crippen LogP contribution is 2.63. The second-order valence-electron chi connectivity index (χ2n) is 10.6. The fourth-order valence-corrected chi connectivity index (χ4v) is 7.65. The van der Waals surface area contributed by atoms with Gasteiger partial charge in [-0.05, 0) is 84.7 Å². The molecule has 3 nitrogen and oxygen atoms in total. The summed E-state index contributed by atoms with van der Waals surface area (Å²) in [7, 11) is 0. The van der Waals surface area contributed by atoms with Crippen molar-refractivity contribution in [3.05, 3.63) is 101 Å². The monoisotopic (exact) mass is 482 g/mol. The van der Waals surface area contributed by atoms with E-state index in [4.69, 9.17) is 0 Å². The van der Waals surface area contributed by atoms with Gasteiger partial charge in [0, 0.05) is 29.3 Å². The smallest absolute Gasteiger partial charge is 0.251 e. The van der Waals surface area contributed by atoms with Gasteiger partial charge in [-0.15, -0.1) is 0 Å². The topological polar surface area (TPSA) is 41.1 Å². The molecule has 180 valence electrons. The van der Waals surface area contributed by atoms with Crippen molar-refractivity contribution in [2.75, 3.05) is 17.6 Å². The van der Waals surface area contributed by atoms with Gasteiger partial charge in [-0.25, -0.2) is 0 Å². The Labute approximate surface area is 213 Å². The molecule has 2 N–H and O–H groups in total. The molecule has 0 saturated heterocycles. The average Bonchev–Trinajstić information content (AvgIpc) is 3.52. The van der Waals surface area contributed by atoms with E-state index in [0.717, 1.165) is 28.9 Å². The van der Waals surface area contributed by atoms with Crippen LogP contribution in [0.5, 0.6) is 0 Å². The maximum atomic E-state index is 13.0. The summed E-state index contributed by atoms with van der Waals surface area (Å²) in [5, 5.41) is 7.03. The lowest BCUT2D eigenvalue weighted by Gasteiger charge is -2.43. The summed E-state index contributed by atoms with van der Waals surface area (Å²) in [5.74, 6) is 4.68. The van der Waals surface area contributed by atoms with Gasteiger partial charge in [-0.1, -0.05) is 60.2 Å². The van der Waals surface area contributed by atoms with Gasteiger partial charge in [0.2, 0.25) is 0 Å². The Hall–Kier alpha value is -2.72. The van der Waals surface area contributed by atoms with Gasteiger partial charge in [-0.3, -0.25) is 4.79 Å². The minimum atomic E-state index is 0.0497. The fourth-order valence-electron chi connectivity index (χ4n) is 6.83. The quantitative estimate of drug-likeness (QED) is 0.358. The molecule has 5 atom stereocenters. The van der Waals surface area contributed by atoms with Crippen molar-refractivity contribution in [1.29, 1.82) is 0 Å². The summed E-state index contributed by atoms with van der Waals surface area (Å²) in [4.78, 5) is 13.0. The predicted molar refractivity (Wildman–Crippen MR) is 146 cm³/mol. The van der Waals surface area contributed by atoms with Gasteiger partial charge in [-0.2, -0.15) is 11.8 Å². The van der Waals surface area contributed by atoms with Crippen LogP contribution >= 0.6 is 11.8 Å². The number of anilines is 1. The Bertz CT molecular complexity index is 1190. The Morgan fingerprint density at radius 3 is 2.63 bits per heavy atom.